The minimum atomic E-state index is -2.53. The summed E-state index contributed by atoms with van der Waals surface area (Å²) >= 11 is 0. The number of ether oxygens (including phenoxy) is 4. The van der Waals surface area contributed by atoms with Gasteiger partial charge < -0.3 is 34.1 Å². The number of rotatable bonds is 9. The van der Waals surface area contributed by atoms with Crippen molar-refractivity contribution in [2.45, 2.75) is 94.8 Å². The lowest BCUT2D eigenvalue weighted by molar-refractivity contribution is -0.242. The number of nitrogens with zero attached hydrogens (tertiary/aromatic N) is 3. The minimum Gasteiger partial charge on any atom is -0.468 e. The summed E-state index contributed by atoms with van der Waals surface area (Å²) in [6, 6.07) is 3.95. The zero-order chi connectivity index (χ0) is 44.1. The Morgan fingerprint density at radius 1 is 0.984 bits per heavy atom. The molecule has 1 saturated carbocycles. The van der Waals surface area contributed by atoms with Crippen molar-refractivity contribution in [2.75, 3.05) is 54.1 Å². The van der Waals surface area contributed by atoms with E-state index in [1.54, 1.807) is 13.2 Å². The fourth-order valence-electron chi connectivity index (χ4n) is 14.3. The third-order valence-corrected chi connectivity index (χ3v) is 16.5. The molecule has 1 aromatic carbocycles. The zero-order valence-electron chi connectivity index (χ0n) is 36.6. The first-order valence-electron chi connectivity index (χ1n) is 22.1. The van der Waals surface area contributed by atoms with Crippen LogP contribution in [0.15, 0.2) is 59.2 Å². The van der Waals surface area contributed by atoms with Crippen LogP contribution < -0.4 is 5.46 Å². The molecular weight excluding hydrogens is 793 g/mol. The van der Waals surface area contributed by atoms with Gasteiger partial charge in [0.1, 0.15) is 6.29 Å². The molecule has 1 aromatic rings. The first kappa shape index (κ1) is 42.9. The molecule has 2 N–H and O–H groups in total. The molecule has 6 heterocycles. The summed E-state index contributed by atoms with van der Waals surface area (Å²) in [6.45, 7) is 8.09. The quantitative estimate of drug-likeness (QED) is 0.122. The number of aldehydes is 1. The highest BCUT2D eigenvalue weighted by molar-refractivity contribution is 6.67. The number of piperidine rings is 1. The van der Waals surface area contributed by atoms with Crippen LogP contribution in [0, 0.1) is 28.1 Å². The molecule has 330 valence electrons. The van der Waals surface area contributed by atoms with E-state index in [1.807, 2.05) is 44.2 Å². The number of carbonyl (C=O) groups is 5. The summed E-state index contributed by atoms with van der Waals surface area (Å²) in [4.78, 5) is 74.9. The monoisotopic (exact) mass is 851 g/mol. The second-order valence-electron chi connectivity index (χ2n) is 19.1. The average molecular weight is 852 g/mol. The number of hydrogen-bond donors (Lipinski definition) is 2. The van der Waals surface area contributed by atoms with Crippen molar-refractivity contribution in [1.29, 1.82) is 0 Å². The molecule has 6 aliphatic heterocycles. The van der Waals surface area contributed by atoms with Crippen LogP contribution in [0.2, 0.25) is 0 Å². The highest BCUT2D eigenvalue weighted by atomic mass is 16.6. The molecular formula is C47H58BN3O11. The van der Waals surface area contributed by atoms with Gasteiger partial charge >= 0.3 is 17.9 Å². The molecule has 3 saturated heterocycles. The number of aliphatic hydroxyl groups is 2. The number of carbonyl (C=O) groups excluding carboxylic acids is 5. The van der Waals surface area contributed by atoms with Gasteiger partial charge in [0.05, 0.1) is 37.4 Å². The van der Waals surface area contributed by atoms with Gasteiger partial charge in [-0.3, -0.25) is 29.0 Å². The molecule has 9 rings (SSSR count). The van der Waals surface area contributed by atoms with Gasteiger partial charge in [-0.05, 0) is 79.8 Å². The van der Waals surface area contributed by atoms with E-state index >= 15 is 4.79 Å². The third-order valence-electron chi connectivity index (χ3n) is 16.5. The zero-order valence-corrected chi connectivity index (χ0v) is 36.6. The van der Waals surface area contributed by atoms with Gasteiger partial charge in [-0.1, -0.05) is 55.1 Å². The maximum absolute atomic E-state index is 15.5. The number of allylic oxidation sites excluding steroid dienone is 1. The summed E-state index contributed by atoms with van der Waals surface area (Å²) in [7, 11) is 4.58. The Labute approximate surface area is 363 Å². The highest BCUT2D eigenvalue weighted by Gasteiger charge is 2.82. The Bertz CT molecular complexity index is 2240. The predicted octanol–water partition coefficient (Wildman–Crippen LogP) is 1.87. The summed E-state index contributed by atoms with van der Waals surface area (Å²) in [5.74, 6) is -3.05. The van der Waals surface area contributed by atoms with E-state index in [-0.39, 0.29) is 5.92 Å². The lowest BCUT2D eigenvalue weighted by atomic mass is 9.46. The van der Waals surface area contributed by atoms with Crippen LogP contribution >= 0.6 is 0 Å². The average Bonchev–Trinajstić information content (AvgIpc) is 3.95. The van der Waals surface area contributed by atoms with Gasteiger partial charge in [0.15, 0.2) is 13.4 Å². The van der Waals surface area contributed by atoms with Crippen LogP contribution in [0.5, 0.6) is 0 Å². The molecule has 12 atom stereocenters. The molecule has 2 bridgehead atoms. The Morgan fingerprint density at radius 2 is 1.76 bits per heavy atom. The van der Waals surface area contributed by atoms with Crippen LogP contribution in [0.4, 0.5) is 0 Å². The number of methoxy groups -OCH3 is 3. The van der Waals surface area contributed by atoms with E-state index in [1.165, 1.54) is 26.0 Å². The molecule has 1 amide bonds. The maximum atomic E-state index is 15.5. The molecule has 62 heavy (non-hydrogen) atoms. The van der Waals surface area contributed by atoms with Crippen LogP contribution in [0.25, 0.3) is 5.57 Å². The second-order valence-corrected chi connectivity index (χ2v) is 19.1. The summed E-state index contributed by atoms with van der Waals surface area (Å²) in [6.07, 6.45) is 9.81. The Hall–Kier alpha value is -4.41. The van der Waals surface area contributed by atoms with Crippen molar-refractivity contribution >= 4 is 48.9 Å². The third kappa shape index (κ3) is 5.63. The van der Waals surface area contributed by atoms with Crippen LogP contribution in [0.1, 0.15) is 75.2 Å². The normalized spacial score (nSPS) is 40.1. The lowest BCUT2D eigenvalue weighted by Gasteiger charge is -2.63. The van der Waals surface area contributed by atoms with Crippen molar-refractivity contribution in [3.63, 3.8) is 0 Å². The first-order chi connectivity index (χ1) is 29.7. The fourth-order valence-corrected chi connectivity index (χ4v) is 14.3. The van der Waals surface area contributed by atoms with Crippen molar-refractivity contribution in [3.8, 4) is 0 Å². The number of benzene rings is 1. The Morgan fingerprint density at radius 3 is 2.42 bits per heavy atom. The standard InChI is InChI=1S/C47H58BN3O11/c1-7-43(57)21-29-22-46(41(55)60-5,37-30(12-16-49(23-29)25-43)31-18-28(24-52)10-11-34(31)48-37)33-19-32-35(20-36(33)59-4)51(26-53)39-45(32)14-17-50-15-9-13-44(8-2,38(45)50)40(62-27(3)54)47(39,58)42(56)61-6/h9-11,13,18-20,24,26,29,33,36,38-40,48,57-58H,7-8,12,14-17,21-23,25H2,1-6H3/t29-,33?,36?,38+,39-,40-,43+,44-,45-,46+,47+/m1/s1. The molecule has 15 heteroatoms. The van der Waals surface area contributed by atoms with Gasteiger partial charge in [0.2, 0.25) is 12.0 Å². The first-order valence-corrected chi connectivity index (χ1v) is 22.1. The Balaban J connectivity index is 1.34. The maximum Gasteiger partial charge on any atom is 0.344 e. The number of likely N-dealkylation sites (tertiary alicyclic amines) is 1. The molecule has 8 aliphatic rings. The van der Waals surface area contributed by atoms with E-state index < -0.39 is 75.6 Å². The van der Waals surface area contributed by atoms with Crippen LogP contribution in [0.3, 0.4) is 0 Å². The van der Waals surface area contributed by atoms with Gasteiger partial charge in [0, 0.05) is 74.3 Å². The molecule has 3 unspecified atom stereocenters. The molecule has 2 aliphatic carbocycles. The van der Waals surface area contributed by atoms with Gasteiger partial charge in [0.25, 0.3) is 0 Å². The summed E-state index contributed by atoms with van der Waals surface area (Å²) in [5, 5.41) is 25.4. The summed E-state index contributed by atoms with van der Waals surface area (Å²) in [5.41, 5.74) is -1.66. The van der Waals surface area contributed by atoms with E-state index in [4.69, 9.17) is 18.9 Å². The SMILES string of the molecule is CC[C@]1(O)C[C@H]2CN(CCC3=C(Bc4ccc(C=O)cc43)[C@@](C(=O)OC)(C3C=C4C(=CC3OC)N(C=O)[C@H]3[C@@](O)(C(=O)OC)[C@H](OC(C)=O)[C@]5(CC)C=CCN6CC[C@]43[C@@H]65)C2)C1. The Kier molecular flexibility index (Phi) is 10.4. The molecule has 0 aromatic heterocycles. The van der Waals surface area contributed by atoms with Crippen LogP contribution in [-0.4, -0.2) is 152 Å². The lowest BCUT2D eigenvalue weighted by Crippen LogP contribution is -2.80. The van der Waals surface area contributed by atoms with Crippen molar-refractivity contribution < 1.29 is 53.1 Å². The molecule has 4 fully saturated rings. The predicted molar refractivity (Wildman–Crippen MR) is 228 cm³/mol. The summed E-state index contributed by atoms with van der Waals surface area (Å²) < 4.78 is 23.9. The van der Waals surface area contributed by atoms with Crippen LogP contribution in [-0.2, 0) is 38.1 Å². The van der Waals surface area contributed by atoms with Gasteiger partial charge in [-0.25, -0.2) is 4.79 Å². The van der Waals surface area contributed by atoms with Gasteiger partial charge in [-0.15, -0.1) is 0 Å². The van der Waals surface area contributed by atoms with Crippen molar-refractivity contribution in [1.82, 2.24) is 14.7 Å². The number of hydrogen-bond acceptors (Lipinski definition) is 13. The molecule has 1 spiro atoms. The van der Waals surface area contributed by atoms with E-state index in [2.05, 4.69) is 15.9 Å². The highest BCUT2D eigenvalue weighted by Crippen LogP contribution is 2.70. The van der Waals surface area contributed by atoms with Gasteiger partial charge in [-0.2, -0.15) is 0 Å². The molecule has 0 radical (unpaired) electrons. The van der Waals surface area contributed by atoms with Crippen molar-refractivity contribution in [2.24, 2.45) is 28.1 Å². The topological polar surface area (TPSA) is 172 Å². The molecule has 14 nitrogen and oxygen atoms in total. The fraction of sp³-hybridized carbons (Fsp3) is 0.596. The van der Waals surface area contributed by atoms with Crippen molar-refractivity contribution in [3.05, 3.63) is 70.4 Å². The number of fused-ring (bicyclic) bond motifs is 5. The van der Waals surface area contributed by atoms with E-state index in [0.717, 1.165) is 28.4 Å². The smallest absolute Gasteiger partial charge is 0.344 e. The second kappa shape index (κ2) is 15.1. The van der Waals surface area contributed by atoms with E-state index in [9.17, 15) is 29.4 Å². The van der Waals surface area contributed by atoms with E-state index in [0.29, 0.717) is 102 Å². The number of esters is 3. The largest absolute Gasteiger partial charge is 0.468 e. The number of amides is 1. The minimum absolute atomic E-state index is 0.141.